The van der Waals surface area contributed by atoms with Crippen LogP contribution < -0.4 is 10.4 Å². The predicted octanol–water partition coefficient (Wildman–Crippen LogP) is -0.339. The first-order valence-electron chi connectivity index (χ1n) is 7.79. The number of ether oxygens (including phenoxy) is 2. The Labute approximate surface area is 147 Å². The summed E-state index contributed by atoms with van der Waals surface area (Å²) in [6.07, 6.45) is -1.00. The van der Waals surface area contributed by atoms with Crippen LogP contribution in [0.15, 0.2) is 0 Å². The summed E-state index contributed by atoms with van der Waals surface area (Å²) in [5.41, 5.74) is -0.717. The number of rotatable bonds is 7. The van der Waals surface area contributed by atoms with Crippen molar-refractivity contribution in [3.05, 3.63) is 0 Å². The Balaban J connectivity index is 2.73. The van der Waals surface area contributed by atoms with Crippen LogP contribution in [0.4, 0.5) is 0 Å². The molecule has 10 nitrogen and oxygen atoms in total. The minimum absolute atomic E-state index is 0.0191. The molecule has 25 heavy (non-hydrogen) atoms. The summed E-state index contributed by atoms with van der Waals surface area (Å²) in [6, 6.07) is -0.870. The van der Waals surface area contributed by atoms with Crippen molar-refractivity contribution in [2.75, 3.05) is 27.4 Å². The molecule has 1 aliphatic heterocycles. The number of hydrogen-bond acceptors (Lipinski definition) is 9. The summed E-state index contributed by atoms with van der Waals surface area (Å²) < 4.78 is 20.0. The van der Waals surface area contributed by atoms with Crippen LogP contribution in [-0.4, -0.2) is 62.3 Å². The molecule has 0 aromatic heterocycles. The molecule has 146 valence electrons. The van der Waals surface area contributed by atoms with E-state index in [9.17, 15) is 19.3 Å². The molecule has 1 fully saturated rings. The monoisotopic (exact) mass is 382 g/mol. The van der Waals surface area contributed by atoms with Crippen molar-refractivity contribution in [2.24, 2.45) is 5.41 Å². The van der Waals surface area contributed by atoms with E-state index >= 15 is 0 Å². The molecule has 0 saturated carbocycles. The average Bonchev–Trinajstić information content (AvgIpc) is 2.56. The van der Waals surface area contributed by atoms with Crippen molar-refractivity contribution in [3.8, 4) is 0 Å². The van der Waals surface area contributed by atoms with Gasteiger partial charge in [-0.25, -0.2) is 0 Å². The van der Waals surface area contributed by atoms with Crippen LogP contribution in [0.2, 0.25) is 0 Å². The molecule has 2 atom stereocenters. The summed E-state index contributed by atoms with van der Waals surface area (Å²) in [4.78, 5) is 45.5. The standard InChI is InChI=1S/C14H27N2O8P/c1-9(13(19)22-5)16-25(20)23-8-14(2,3)11(24-25)12(18)15-7-6-10(17)21-4/h9,11,16,20,25H,6-8H2,1-5H3,(H,15,18)/t9-,11+/m1/s1. The molecule has 0 unspecified atom stereocenters. The Morgan fingerprint density at radius 2 is 1.96 bits per heavy atom. The molecule has 0 spiro atoms. The van der Waals surface area contributed by atoms with E-state index in [2.05, 4.69) is 19.9 Å². The van der Waals surface area contributed by atoms with Gasteiger partial charge in [-0.3, -0.25) is 0 Å². The molecule has 0 bridgehead atoms. The second-order valence-electron chi connectivity index (χ2n) is 6.36. The maximum atomic E-state index is 12.4. The molecular weight excluding hydrogens is 355 g/mol. The van der Waals surface area contributed by atoms with E-state index in [4.69, 9.17) is 9.05 Å². The van der Waals surface area contributed by atoms with Crippen LogP contribution in [0.1, 0.15) is 27.2 Å². The van der Waals surface area contributed by atoms with Crippen LogP contribution in [0.3, 0.4) is 0 Å². The van der Waals surface area contributed by atoms with Crippen LogP contribution in [0, 0.1) is 5.41 Å². The van der Waals surface area contributed by atoms with Crippen LogP contribution in [0.25, 0.3) is 0 Å². The molecule has 0 radical (unpaired) electrons. The summed E-state index contributed by atoms with van der Waals surface area (Å²) >= 11 is 0. The average molecular weight is 382 g/mol. The molecule has 0 aliphatic carbocycles. The van der Waals surface area contributed by atoms with E-state index in [0.717, 1.165) is 0 Å². The molecule has 1 saturated heterocycles. The molecule has 11 heteroatoms. The van der Waals surface area contributed by atoms with Crippen molar-refractivity contribution < 1.29 is 37.8 Å². The van der Waals surface area contributed by atoms with Crippen molar-refractivity contribution in [3.63, 3.8) is 0 Å². The van der Waals surface area contributed by atoms with Gasteiger partial charge in [-0.15, -0.1) is 0 Å². The molecule has 1 aliphatic rings. The zero-order chi connectivity index (χ0) is 19.3. The first-order chi connectivity index (χ1) is 11.5. The van der Waals surface area contributed by atoms with Gasteiger partial charge in [0.15, 0.2) is 0 Å². The number of hydrogen-bond donors (Lipinski definition) is 3. The first-order valence-corrected chi connectivity index (χ1v) is 9.55. The van der Waals surface area contributed by atoms with Gasteiger partial charge < -0.3 is 0 Å². The van der Waals surface area contributed by atoms with E-state index in [-0.39, 0.29) is 19.6 Å². The number of carbonyl (C=O) groups excluding carboxylic acids is 3. The number of methoxy groups -OCH3 is 2. The van der Waals surface area contributed by atoms with Crippen molar-refractivity contribution in [2.45, 2.75) is 39.3 Å². The third-order valence-corrected chi connectivity index (χ3v) is 5.56. The van der Waals surface area contributed by atoms with E-state index in [1.165, 1.54) is 21.1 Å². The Bertz CT molecular complexity index is 515. The molecule has 1 rings (SSSR count). The van der Waals surface area contributed by atoms with Crippen molar-refractivity contribution in [1.82, 2.24) is 10.4 Å². The number of carbonyl (C=O) groups is 3. The van der Waals surface area contributed by atoms with E-state index in [1.54, 1.807) is 13.8 Å². The van der Waals surface area contributed by atoms with Gasteiger partial charge in [0.25, 0.3) is 0 Å². The third kappa shape index (κ3) is 6.16. The molecular formula is C14H27N2O8P. The Hall–Kier alpha value is -1.32. The van der Waals surface area contributed by atoms with Gasteiger partial charge in [0.2, 0.25) is 0 Å². The molecule has 3 N–H and O–H groups in total. The molecule has 0 aromatic rings. The quantitative estimate of drug-likeness (QED) is 0.399. The fraction of sp³-hybridized carbons (Fsp3) is 0.786. The zero-order valence-electron chi connectivity index (χ0n) is 15.1. The van der Waals surface area contributed by atoms with E-state index in [1.807, 2.05) is 0 Å². The van der Waals surface area contributed by atoms with Crippen molar-refractivity contribution >= 4 is 25.9 Å². The topological polar surface area (TPSA) is 132 Å². The first kappa shape index (κ1) is 21.7. The van der Waals surface area contributed by atoms with Crippen LogP contribution in [-0.2, 0) is 32.9 Å². The fourth-order valence-corrected chi connectivity index (χ4v) is 4.39. The molecule has 1 amide bonds. The number of amides is 1. The van der Waals surface area contributed by atoms with Crippen molar-refractivity contribution in [1.29, 1.82) is 0 Å². The summed E-state index contributed by atoms with van der Waals surface area (Å²) in [5, 5.41) is 5.14. The second-order valence-corrected chi connectivity index (χ2v) is 8.34. The Morgan fingerprint density at radius 3 is 2.52 bits per heavy atom. The van der Waals surface area contributed by atoms with Gasteiger partial charge in [0, 0.05) is 0 Å². The van der Waals surface area contributed by atoms with E-state index in [0.29, 0.717) is 0 Å². The molecule has 0 aromatic carbocycles. The fourth-order valence-electron chi connectivity index (χ4n) is 2.19. The zero-order valence-corrected chi connectivity index (χ0v) is 16.1. The van der Waals surface area contributed by atoms with Gasteiger partial charge in [-0.2, -0.15) is 0 Å². The Morgan fingerprint density at radius 1 is 1.32 bits per heavy atom. The third-order valence-electron chi connectivity index (χ3n) is 3.67. The van der Waals surface area contributed by atoms with Gasteiger partial charge in [0.05, 0.1) is 0 Å². The van der Waals surface area contributed by atoms with Crippen LogP contribution >= 0.6 is 8.09 Å². The summed E-state index contributed by atoms with van der Waals surface area (Å²) in [7, 11) is -1.49. The summed E-state index contributed by atoms with van der Waals surface area (Å²) in [5.74, 6) is -1.54. The van der Waals surface area contributed by atoms with E-state index < -0.39 is 43.5 Å². The van der Waals surface area contributed by atoms with Crippen LogP contribution in [0.5, 0.6) is 0 Å². The minimum atomic E-state index is -3.96. The number of nitrogens with one attached hydrogen (secondary N) is 2. The Kier molecular flexibility index (Phi) is 7.70. The van der Waals surface area contributed by atoms with Gasteiger partial charge in [-0.1, -0.05) is 0 Å². The number of esters is 2. The van der Waals surface area contributed by atoms with Gasteiger partial charge in [-0.05, 0) is 0 Å². The predicted molar refractivity (Wildman–Crippen MR) is 89.4 cm³/mol. The second kappa shape index (κ2) is 8.86. The maximum absolute atomic E-state index is 12.4. The normalized spacial score (nSPS) is 23.8. The SMILES string of the molecule is COC(=O)CCNC(=O)[C@@H]1O[PH](O)(N[C@H](C)C(=O)OC)OCC1(C)C. The van der Waals surface area contributed by atoms with Gasteiger partial charge >= 0.3 is 146 Å². The molecule has 1 heterocycles. The van der Waals surface area contributed by atoms with Gasteiger partial charge in [0.1, 0.15) is 0 Å². The summed E-state index contributed by atoms with van der Waals surface area (Å²) in [6.45, 7) is 5.10.